The third-order valence-electron chi connectivity index (χ3n) is 5.47. The molecular weight excluding hydrogens is 568 g/mol. The molecule has 0 spiro atoms. The van der Waals surface area contributed by atoms with Crippen LogP contribution in [-0.2, 0) is 17.6 Å². The van der Waals surface area contributed by atoms with Crippen molar-refractivity contribution in [2.75, 3.05) is 44.6 Å². The van der Waals surface area contributed by atoms with Gasteiger partial charge in [-0.25, -0.2) is 9.97 Å². The number of pyridine rings is 2. The Morgan fingerprint density at radius 1 is 0.829 bits per heavy atom. The number of hydrogen-bond acceptors (Lipinski definition) is 5. The van der Waals surface area contributed by atoms with E-state index in [4.69, 9.17) is 9.72 Å². The molecule has 4 aromatic rings. The van der Waals surface area contributed by atoms with Crippen LogP contribution in [-0.4, -0.2) is 44.3 Å². The number of ether oxygens (including phenoxy) is 1. The molecule has 2 aromatic heterocycles. The van der Waals surface area contributed by atoms with E-state index in [0.717, 1.165) is 51.0 Å². The van der Waals surface area contributed by atoms with Crippen molar-refractivity contribution in [1.29, 1.82) is 0 Å². The molecule has 2 heterocycles. The lowest BCUT2D eigenvalue weighted by molar-refractivity contribution is 0.210. The minimum atomic E-state index is 0. The van der Waals surface area contributed by atoms with Crippen LogP contribution in [0, 0.1) is 0 Å². The fourth-order valence-electron chi connectivity index (χ4n) is 3.71. The van der Waals surface area contributed by atoms with Crippen molar-refractivity contribution in [2.24, 2.45) is 0 Å². The second kappa shape index (κ2) is 13.8. The number of methoxy groups -OCH3 is 1. The Labute approximate surface area is 226 Å². The number of rotatable bonds is 7. The van der Waals surface area contributed by atoms with Gasteiger partial charge in [0.15, 0.2) is 0 Å². The fourth-order valence-corrected chi connectivity index (χ4v) is 4.47. The first-order chi connectivity index (χ1) is 16.4. The molecule has 0 aliphatic heterocycles. The summed E-state index contributed by atoms with van der Waals surface area (Å²) < 4.78 is 7.22. The first kappa shape index (κ1) is 29.0. The van der Waals surface area contributed by atoms with Gasteiger partial charge in [-0.1, -0.05) is 53.1 Å². The van der Waals surface area contributed by atoms with E-state index in [9.17, 15) is 0 Å². The average molecular weight is 604 g/mol. The van der Waals surface area contributed by atoms with Gasteiger partial charge >= 0.3 is 0 Å². The van der Waals surface area contributed by atoms with E-state index in [1.165, 1.54) is 21.9 Å². The van der Waals surface area contributed by atoms with Gasteiger partial charge in [-0.15, -0.1) is 0 Å². The van der Waals surface area contributed by atoms with Gasteiger partial charge in [-0.05, 0) is 72.5 Å². The number of halogens is 2. The van der Waals surface area contributed by atoms with E-state index in [-0.39, 0.29) is 7.43 Å². The van der Waals surface area contributed by atoms with Crippen LogP contribution in [0.15, 0.2) is 57.5 Å². The second-order valence-electron chi connectivity index (χ2n) is 8.16. The summed E-state index contributed by atoms with van der Waals surface area (Å²) in [7, 11) is 5.77. The zero-order valence-electron chi connectivity index (χ0n) is 20.5. The monoisotopic (exact) mass is 602 g/mol. The van der Waals surface area contributed by atoms with Crippen LogP contribution < -0.4 is 10.2 Å². The SMILES string of the molecule is C.CCc1cc2cc(Br)ccc2nc1N(C)C.CCc1cc2cc(Br)ccc2nc1NCCOC. The molecule has 0 radical (unpaired) electrons. The Balaban J connectivity index is 0.000000241. The van der Waals surface area contributed by atoms with Crippen molar-refractivity contribution >= 4 is 65.3 Å². The Morgan fingerprint density at radius 2 is 1.37 bits per heavy atom. The molecule has 0 saturated carbocycles. The maximum atomic E-state index is 5.04. The van der Waals surface area contributed by atoms with E-state index < -0.39 is 0 Å². The maximum Gasteiger partial charge on any atom is 0.131 e. The zero-order valence-corrected chi connectivity index (χ0v) is 23.6. The number of aryl methyl sites for hydroxylation is 2. The van der Waals surface area contributed by atoms with Gasteiger partial charge in [0.25, 0.3) is 0 Å². The summed E-state index contributed by atoms with van der Waals surface area (Å²) in [5, 5.41) is 5.68. The number of nitrogens with one attached hydrogen (secondary N) is 1. The van der Waals surface area contributed by atoms with Crippen molar-refractivity contribution in [3.8, 4) is 0 Å². The van der Waals surface area contributed by atoms with Gasteiger partial charge in [0.1, 0.15) is 11.6 Å². The van der Waals surface area contributed by atoms with Gasteiger partial charge in [0, 0.05) is 47.5 Å². The molecule has 0 fully saturated rings. The average Bonchev–Trinajstić information content (AvgIpc) is 2.83. The summed E-state index contributed by atoms with van der Waals surface area (Å²) in [5.41, 5.74) is 4.58. The molecule has 0 atom stereocenters. The minimum Gasteiger partial charge on any atom is -0.383 e. The molecule has 4 rings (SSSR count). The normalized spacial score (nSPS) is 10.5. The molecule has 2 aromatic carbocycles. The molecule has 0 amide bonds. The Bertz CT molecular complexity index is 1260. The maximum absolute atomic E-state index is 5.04. The van der Waals surface area contributed by atoms with E-state index in [1.54, 1.807) is 7.11 Å². The molecule has 0 saturated heterocycles. The predicted octanol–water partition coefficient (Wildman–Crippen LogP) is 7.88. The third-order valence-corrected chi connectivity index (χ3v) is 6.46. The smallest absolute Gasteiger partial charge is 0.131 e. The van der Waals surface area contributed by atoms with Crippen molar-refractivity contribution in [3.63, 3.8) is 0 Å². The van der Waals surface area contributed by atoms with Crippen molar-refractivity contribution in [2.45, 2.75) is 34.1 Å². The Kier molecular flexibility index (Phi) is 11.4. The quantitative estimate of drug-likeness (QED) is 0.218. The summed E-state index contributed by atoms with van der Waals surface area (Å²) in [6, 6.07) is 16.7. The fraction of sp³-hybridized carbons (Fsp3) is 0.357. The van der Waals surface area contributed by atoms with Crippen molar-refractivity contribution in [1.82, 2.24) is 9.97 Å². The number of benzene rings is 2. The first-order valence-electron chi connectivity index (χ1n) is 11.4. The lowest BCUT2D eigenvalue weighted by Gasteiger charge is -2.16. The van der Waals surface area contributed by atoms with Gasteiger partial charge in [-0.2, -0.15) is 0 Å². The van der Waals surface area contributed by atoms with Gasteiger partial charge in [0.05, 0.1) is 17.6 Å². The number of fused-ring (bicyclic) bond motifs is 2. The Hall–Kier alpha value is -2.22. The van der Waals surface area contributed by atoms with E-state index in [0.29, 0.717) is 6.61 Å². The molecule has 5 nitrogen and oxygen atoms in total. The Morgan fingerprint density at radius 3 is 1.89 bits per heavy atom. The number of hydrogen-bond donors (Lipinski definition) is 1. The standard InChI is InChI=1S/C14H17BrN2O.C13H15BrN2.CH4/c1-3-10-8-11-9-12(15)4-5-13(11)17-14(10)16-6-7-18-2;1-4-9-7-10-8-11(14)5-6-12(10)15-13(9)16(2)3;/h4-5,8-9H,3,6-7H2,1-2H3,(H,16,17);5-8H,4H2,1-3H3;1H4. The molecule has 1 N–H and O–H groups in total. The van der Waals surface area contributed by atoms with Crippen LogP contribution in [0.2, 0.25) is 0 Å². The number of anilines is 2. The van der Waals surface area contributed by atoms with E-state index in [1.807, 2.05) is 38.4 Å². The van der Waals surface area contributed by atoms with Gasteiger partial charge in [0.2, 0.25) is 0 Å². The molecule has 0 unspecified atom stereocenters. The summed E-state index contributed by atoms with van der Waals surface area (Å²) in [4.78, 5) is 11.4. The molecule has 0 aliphatic carbocycles. The minimum absolute atomic E-state index is 0. The first-order valence-corrected chi connectivity index (χ1v) is 13.0. The second-order valence-corrected chi connectivity index (χ2v) is 9.99. The highest BCUT2D eigenvalue weighted by Crippen LogP contribution is 2.26. The molecule has 0 bridgehead atoms. The van der Waals surface area contributed by atoms with Gasteiger partial charge in [-0.3, -0.25) is 0 Å². The summed E-state index contributed by atoms with van der Waals surface area (Å²) in [6.07, 6.45) is 1.97. The van der Waals surface area contributed by atoms with E-state index in [2.05, 4.69) is 85.2 Å². The molecule has 7 heteroatoms. The van der Waals surface area contributed by atoms with Crippen LogP contribution in [0.25, 0.3) is 21.8 Å². The number of aromatic nitrogens is 2. The summed E-state index contributed by atoms with van der Waals surface area (Å²) in [6.45, 7) is 5.76. The van der Waals surface area contributed by atoms with Gasteiger partial charge < -0.3 is 15.0 Å². The topological polar surface area (TPSA) is 50.3 Å². The summed E-state index contributed by atoms with van der Waals surface area (Å²) in [5.74, 6) is 2.03. The molecule has 35 heavy (non-hydrogen) atoms. The van der Waals surface area contributed by atoms with Crippen LogP contribution in [0.1, 0.15) is 32.4 Å². The highest BCUT2D eigenvalue weighted by Gasteiger charge is 2.08. The lowest BCUT2D eigenvalue weighted by Crippen LogP contribution is -2.13. The molecule has 0 aliphatic rings. The molecular formula is C28H36Br2N4O. The summed E-state index contributed by atoms with van der Waals surface area (Å²) >= 11 is 6.98. The third kappa shape index (κ3) is 7.63. The predicted molar refractivity (Wildman–Crippen MR) is 159 cm³/mol. The van der Waals surface area contributed by atoms with Crippen molar-refractivity contribution < 1.29 is 4.74 Å². The van der Waals surface area contributed by atoms with Crippen LogP contribution in [0.5, 0.6) is 0 Å². The highest BCUT2D eigenvalue weighted by molar-refractivity contribution is 9.10. The molecule has 188 valence electrons. The highest BCUT2D eigenvalue weighted by atomic mass is 79.9. The van der Waals surface area contributed by atoms with Crippen LogP contribution in [0.3, 0.4) is 0 Å². The van der Waals surface area contributed by atoms with Crippen LogP contribution >= 0.6 is 31.9 Å². The van der Waals surface area contributed by atoms with Crippen LogP contribution in [0.4, 0.5) is 11.6 Å². The lowest BCUT2D eigenvalue weighted by atomic mass is 10.1. The largest absolute Gasteiger partial charge is 0.383 e. The zero-order chi connectivity index (χ0) is 24.7. The van der Waals surface area contributed by atoms with E-state index >= 15 is 0 Å². The number of nitrogens with zero attached hydrogens (tertiary/aromatic N) is 3. The van der Waals surface area contributed by atoms with Crippen molar-refractivity contribution in [3.05, 3.63) is 68.6 Å².